The van der Waals surface area contributed by atoms with Crippen LogP contribution in [0.15, 0.2) is 18.2 Å². The van der Waals surface area contributed by atoms with Crippen molar-refractivity contribution in [1.82, 2.24) is 0 Å². The summed E-state index contributed by atoms with van der Waals surface area (Å²) in [5.41, 5.74) is 2.60. The number of rotatable bonds is 4. The van der Waals surface area contributed by atoms with Crippen LogP contribution in [-0.4, -0.2) is 11.9 Å². The van der Waals surface area contributed by atoms with E-state index in [1.54, 1.807) is 7.11 Å². The molecule has 0 spiro atoms. The third kappa shape index (κ3) is 3.33. The van der Waals surface area contributed by atoms with Crippen LogP contribution in [0.5, 0.6) is 5.75 Å². The first-order valence-electron chi connectivity index (χ1n) is 4.91. The van der Waals surface area contributed by atoms with E-state index in [2.05, 4.69) is 41.9 Å². The van der Waals surface area contributed by atoms with E-state index in [4.69, 9.17) is 4.74 Å². The maximum absolute atomic E-state index is 5.32. The van der Waals surface area contributed by atoms with Crippen molar-refractivity contribution in [2.24, 2.45) is 0 Å². The van der Waals surface area contributed by atoms with Gasteiger partial charge in [-0.3, -0.25) is 0 Å². The van der Waals surface area contributed by atoms with E-state index in [0.717, 1.165) is 18.6 Å². The van der Waals surface area contributed by atoms with Crippen LogP contribution in [0.3, 0.4) is 0 Å². The summed E-state index contributed by atoms with van der Waals surface area (Å²) >= 11 is 3.56. The highest BCUT2D eigenvalue weighted by atomic mass is 79.9. The Bertz CT molecular complexity index is 294. The van der Waals surface area contributed by atoms with Crippen LogP contribution in [-0.2, 0) is 6.42 Å². The quantitative estimate of drug-likeness (QED) is 0.747. The molecule has 78 valence electrons. The molecule has 1 aromatic carbocycles. The summed E-state index contributed by atoms with van der Waals surface area (Å²) in [6.07, 6.45) is 2.21. The van der Waals surface area contributed by atoms with Crippen LogP contribution in [0, 0.1) is 6.92 Å². The molecule has 0 aliphatic rings. The molecule has 0 radical (unpaired) electrons. The van der Waals surface area contributed by atoms with Crippen molar-refractivity contribution in [3.63, 3.8) is 0 Å². The molecule has 0 heterocycles. The van der Waals surface area contributed by atoms with E-state index in [1.807, 2.05) is 6.07 Å². The molecule has 0 fully saturated rings. The first kappa shape index (κ1) is 11.6. The lowest BCUT2D eigenvalue weighted by Crippen LogP contribution is -1.97. The highest BCUT2D eigenvalue weighted by molar-refractivity contribution is 9.09. The molecule has 1 rings (SSSR count). The average molecular weight is 257 g/mol. The number of alkyl halides is 1. The van der Waals surface area contributed by atoms with E-state index < -0.39 is 0 Å². The van der Waals surface area contributed by atoms with Crippen molar-refractivity contribution in [2.45, 2.75) is 31.5 Å². The summed E-state index contributed by atoms with van der Waals surface area (Å²) in [7, 11) is 1.73. The van der Waals surface area contributed by atoms with Crippen LogP contribution < -0.4 is 4.74 Å². The first-order chi connectivity index (χ1) is 6.63. The third-order valence-electron chi connectivity index (χ3n) is 2.25. The van der Waals surface area contributed by atoms with Crippen LogP contribution in [0.25, 0.3) is 0 Å². The Labute approximate surface area is 94.6 Å². The molecule has 0 N–H and O–H groups in total. The molecule has 0 aliphatic heterocycles. The Morgan fingerprint density at radius 3 is 2.71 bits per heavy atom. The highest BCUT2D eigenvalue weighted by Crippen LogP contribution is 2.22. The molecule has 0 saturated carbocycles. The van der Waals surface area contributed by atoms with Gasteiger partial charge in [0.15, 0.2) is 0 Å². The fourth-order valence-corrected chi connectivity index (χ4v) is 1.69. The van der Waals surface area contributed by atoms with Gasteiger partial charge in [-0.1, -0.05) is 40.5 Å². The number of hydrogen-bond acceptors (Lipinski definition) is 1. The molecule has 1 unspecified atom stereocenters. The molecule has 1 atom stereocenters. The summed E-state index contributed by atoms with van der Waals surface area (Å²) in [5.74, 6) is 1.00. The Morgan fingerprint density at radius 2 is 2.14 bits per heavy atom. The molecule has 1 aromatic rings. The van der Waals surface area contributed by atoms with Gasteiger partial charge in [0, 0.05) is 4.83 Å². The Hall–Kier alpha value is -0.500. The fraction of sp³-hybridized carbons (Fsp3) is 0.500. The van der Waals surface area contributed by atoms with Crippen LogP contribution in [0.4, 0.5) is 0 Å². The number of benzene rings is 1. The summed E-state index contributed by atoms with van der Waals surface area (Å²) in [4.78, 5) is 0.563. The topological polar surface area (TPSA) is 9.23 Å². The zero-order valence-electron chi connectivity index (χ0n) is 9.01. The second-order valence-corrected chi connectivity index (χ2v) is 5.20. The van der Waals surface area contributed by atoms with Crippen LogP contribution >= 0.6 is 15.9 Å². The van der Waals surface area contributed by atoms with Gasteiger partial charge in [0.1, 0.15) is 5.75 Å². The Balaban J connectivity index is 2.77. The minimum atomic E-state index is 0.563. The van der Waals surface area contributed by atoms with Crippen LogP contribution in [0.1, 0.15) is 24.5 Å². The van der Waals surface area contributed by atoms with Crippen molar-refractivity contribution in [2.75, 3.05) is 7.11 Å². The molecule has 0 bridgehead atoms. The van der Waals surface area contributed by atoms with Crippen molar-refractivity contribution in [3.8, 4) is 5.75 Å². The molecule has 0 aliphatic carbocycles. The van der Waals surface area contributed by atoms with E-state index in [0.29, 0.717) is 4.83 Å². The lowest BCUT2D eigenvalue weighted by molar-refractivity contribution is 0.409. The van der Waals surface area contributed by atoms with E-state index >= 15 is 0 Å². The first-order valence-corrected chi connectivity index (χ1v) is 5.82. The van der Waals surface area contributed by atoms with Gasteiger partial charge < -0.3 is 4.74 Å². The van der Waals surface area contributed by atoms with Gasteiger partial charge in [-0.2, -0.15) is 0 Å². The standard InChI is InChI=1S/C12H17BrO/c1-9-4-7-12(14-3)11(8-9)6-5-10(2)13/h4,7-8,10H,5-6H2,1-3H3. The Morgan fingerprint density at radius 1 is 1.43 bits per heavy atom. The SMILES string of the molecule is COc1ccc(C)cc1CCC(C)Br. The number of ether oxygens (including phenoxy) is 1. The summed E-state index contributed by atoms with van der Waals surface area (Å²) in [5, 5.41) is 0. The average Bonchev–Trinajstić information content (AvgIpc) is 2.15. The van der Waals surface area contributed by atoms with Crippen molar-refractivity contribution in [3.05, 3.63) is 29.3 Å². The molecule has 1 nitrogen and oxygen atoms in total. The highest BCUT2D eigenvalue weighted by Gasteiger charge is 2.04. The Kier molecular flexibility index (Phi) is 4.46. The van der Waals surface area contributed by atoms with Gasteiger partial charge in [0.05, 0.1) is 7.11 Å². The fourth-order valence-electron chi connectivity index (χ4n) is 1.46. The summed E-state index contributed by atoms with van der Waals surface area (Å²) in [6, 6.07) is 6.33. The minimum Gasteiger partial charge on any atom is -0.496 e. The number of methoxy groups -OCH3 is 1. The van der Waals surface area contributed by atoms with Gasteiger partial charge in [0.2, 0.25) is 0 Å². The molecule has 0 aromatic heterocycles. The van der Waals surface area contributed by atoms with Crippen molar-refractivity contribution < 1.29 is 4.74 Å². The maximum Gasteiger partial charge on any atom is 0.122 e. The lowest BCUT2D eigenvalue weighted by atomic mass is 10.0. The number of aryl methyl sites for hydroxylation is 2. The lowest BCUT2D eigenvalue weighted by Gasteiger charge is -2.10. The second kappa shape index (κ2) is 5.40. The van der Waals surface area contributed by atoms with Gasteiger partial charge in [-0.25, -0.2) is 0 Å². The zero-order chi connectivity index (χ0) is 10.6. The minimum absolute atomic E-state index is 0.563. The van der Waals surface area contributed by atoms with E-state index in [-0.39, 0.29) is 0 Å². The molecule has 14 heavy (non-hydrogen) atoms. The summed E-state index contributed by atoms with van der Waals surface area (Å²) < 4.78 is 5.32. The third-order valence-corrected chi connectivity index (χ3v) is 2.71. The van der Waals surface area contributed by atoms with Gasteiger partial charge >= 0.3 is 0 Å². The number of hydrogen-bond donors (Lipinski definition) is 0. The monoisotopic (exact) mass is 256 g/mol. The van der Waals surface area contributed by atoms with Gasteiger partial charge in [0.25, 0.3) is 0 Å². The predicted octanol–water partition coefficient (Wildman–Crippen LogP) is 3.72. The van der Waals surface area contributed by atoms with Crippen LogP contribution in [0.2, 0.25) is 0 Å². The normalized spacial score (nSPS) is 12.6. The second-order valence-electron chi connectivity index (χ2n) is 3.63. The van der Waals surface area contributed by atoms with Gasteiger partial charge in [-0.15, -0.1) is 0 Å². The van der Waals surface area contributed by atoms with Crippen molar-refractivity contribution in [1.29, 1.82) is 0 Å². The maximum atomic E-state index is 5.32. The smallest absolute Gasteiger partial charge is 0.122 e. The van der Waals surface area contributed by atoms with E-state index in [1.165, 1.54) is 11.1 Å². The van der Waals surface area contributed by atoms with E-state index in [9.17, 15) is 0 Å². The largest absolute Gasteiger partial charge is 0.496 e. The molecule has 2 heteroatoms. The zero-order valence-corrected chi connectivity index (χ0v) is 10.6. The molecular formula is C12H17BrO. The molecular weight excluding hydrogens is 240 g/mol. The van der Waals surface area contributed by atoms with Crippen molar-refractivity contribution >= 4 is 15.9 Å². The van der Waals surface area contributed by atoms with Gasteiger partial charge in [-0.05, 0) is 31.4 Å². The number of halogens is 1. The predicted molar refractivity (Wildman–Crippen MR) is 64.4 cm³/mol. The summed E-state index contributed by atoms with van der Waals surface area (Å²) in [6.45, 7) is 4.28. The molecule has 0 saturated heterocycles. The molecule has 0 amide bonds.